The van der Waals surface area contributed by atoms with E-state index >= 15 is 0 Å². The van der Waals surface area contributed by atoms with Gasteiger partial charge in [-0.25, -0.2) is 9.59 Å². The average Bonchev–Trinajstić information content (AvgIpc) is 3.30. The highest BCUT2D eigenvalue weighted by molar-refractivity contribution is 5.61. The van der Waals surface area contributed by atoms with E-state index in [0.717, 1.165) is 12.8 Å². The number of hydrogen-bond acceptors (Lipinski definition) is 14. The van der Waals surface area contributed by atoms with E-state index in [2.05, 4.69) is 79.4 Å². The summed E-state index contributed by atoms with van der Waals surface area (Å²) in [4.78, 5) is 38.8. The van der Waals surface area contributed by atoms with Gasteiger partial charge in [0.25, 0.3) is 0 Å². The van der Waals surface area contributed by atoms with Gasteiger partial charge in [0, 0.05) is 47.8 Å². The van der Waals surface area contributed by atoms with Crippen LogP contribution in [0.4, 0.5) is 9.59 Å². The van der Waals surface area contributed by atoms with Crippen molar-refractivity contribution in [1.82, 2.24) is 10.1 Å². The first kappa shape index (κ1) is 61.8. The van der Waals surface area contributed by atoms with Crippen LogP contribution in [-0.2, 0) is 47.6 Å². The number of carbonyl (C=O) groups excluding carboxylic acids is 2. The second-order valence-electron chi connectivity index (χ2n) is 24.9. The van der Waals surface area contributed by atoms with Crippen LogP contribution in [0.3, 0.4) is 0 Å². The van der Waals surface area contributed by atoms with Gasteiger partial charge in [0.15, 0.2) is 11.6 Å². The van der Waals surface area contributed by atoms with Gasteiger partial charge in [-0.15, -0.1) is 0 Å². The number of hydroxylamine groups is 4. The smallest absolute Gasteiger partial charge is 0.434 e. The third-order valence-electron chi connectivity index (χ3n) is 15.7. The lowest BCUT2D eigenvalue weighted by atomic mass is 9.76. The van der Waals surface area contributed by atoms with Crippen molar-refractivity contribution in [3.05, 3.63) is 0 Å². The minimum absolute atomic E-state index is 0.0692. The number of ether oxygens (including phenoxy) is 8. The quantitative estimate of drug-likeness (QED) is 0.0482. The van der Waals surface area contributed by atoms with Gasteiger partial charge in [-0.3, -0.25) is 9.68 Å². The summed E-state index contributed by atoms with van der Waals surface area (Å²) in [6.07, 6.45) is 24.5. The molecule has 4 aliphatic heterocycles. The molecule has 0 radical (unpaired) electrons. The van der Waals surface area contributed by atoms with Crippen LogP contribution in [0.5, 0.6) is 0 Å². The van der Waals surface area contributed by atoms with Crippen molar-refractivity contribution in [1.29, 1.82) is 0 Å². The fourth-order valence-electron chi connectivity index (χ4n) is 11.9. The third-order valence-corrected chi connectivity index (χ3v) is 15.7. The predicted molar refractivity (Wildman–Crippen MR) is 279 cm³/mol. The Labute approximate surface area is 432 Å². The normalized spacial score (nSPS) is 23.3. The Hall–Kier alpha value is -1.78. The molecule has 0 amide bonds. The molecule has 4 saturated heterocycles. The second-order valence-corrected chi connectivity index (χ2v) is 24.9. The molecule has 0 aliphatic carbocycles. The fourth-order valence-corrected chi connectivity index (χ4v) is 11.9. The van der Waals surface area contributed by atoms with E-state index in [1.165, 1.54) is 103 Å². The van der Waals surface area contributed by atoms with Crippen LogP contribution in [0.1, 0.15) is 244 Å². The van der Waals surface area contributed by atoms with E-state index in [1.54, 1.807) is 6.92 Å². The Morgan fingerprint density at radius 1 is 0.451 bits per heavy atom. The summed E-state index contributed by atoms with van der Waals surface area (Å²) in [7, 11) is 0. The first-order valence-corrected chi connectivity index (χ1v) is 28.6. The minimum Gasteiger partial charge on any atom is -0.434 e. The lowest BCUT2D eigenvalue weighted by Gasteiger charge is -2.59. The van der Waals surface area contributed by atoms with E-state index in [9.17, 15) is 9.59 Å². The summed E-state index contributed by atoms with van der Waals surface area (Å²) in [5, 5.41) is 4.34. The van der Waals surface area contributed by atoms with Crippen LogP contribution in [0, 0.1) is 10.8 Å². The molecule has 14 nitrogen and oxygen atoms in total. The van der Waals surface area contributed by atoms with Crippen LogP contribution < -0.4 is 0 Å². The van der Waals surface area contributed by atoms with Crippen molar-refractivity contribution in [3.8, 4) is 0 Å². The first-order chi connectivity index (χ1) is 33.6. The number of hydrogen-bond donors (Lipinski definition) is 0. The lowest BCUT2D eigenvalue weighted by Crippen LogP contribution is -2.68. The van der Waals surface area contributed by atoms with Gasteiger partial charge in [0.1, 0.15) is 25.9 Å². The van der Waals surface area contributed by atoms with Crippen molar-refractivity contribution >= 4 is 12.3 Å². The molecule has 2 spiro atoms. The van der Waals surface area contributed by atoms with Gasteiger partial charge in [-0.05, 0) is 88.0 Å². The highest BCUT2D eigenvalue weighted by Gasteiger charge is 2.59. The maximum Gasteiger partial charge on any atom is 0.508 e. The van der Waals surface area contributed by atoms with Crippen LogP contribution in [0.2, 0.25) is 0 Å². The predicted octanol–water partition coefficient (Wildman–Crippen LogP) is 14.2. The summed E-state index contributed by atoms with van der Waals surface area (Å²) >= 11 is 0. The molecule has 0 aromatic carbocycles. The Balaban J connectivity index is 1.13. The van der Waals surface area contributed by atoms with Crippen LogP contribution in [0.25, 0.3) is 0 Å². The van der Waals surface area contributed by atoms with Crippen molar-refractivity contribution in [2.75, 3.05) is 59.5 Å². The van der Waals surface area contributed by atoms with Crippen LogP contribution in [0.15, 0.2) is 0 Å². The summed E-state index contributed by atoms with van der Waals surface area (Å²) < 4.78 is 48.7. The topological polar surface area (TPSA) is 133 Å². The zero-order chi connectivity index (χ0) is 52.3. The Morgan fingerprint density at radius 2 is 0.761 bits per heavy atom. The molecule has 14 heteroatoms. The Morgan fingerprint density at radius 3 is 1.08 bits per heavy atom. The number of carbonyl (C=O) groups is 2. The summed E-state index contributed by atoms with van der Waals surface area (Å²) in [6.45, 7) is 30.7. The molecule has 0 N–H and O–H groups in total. The van der Waals surface area contributed by atoms with E-state index in [0.29, 0.717) is 78.2 Å². The molecule has 0 bridgehead atoms. The maximum atomic E-state index is 12.9. The molecule has 0 aromatic rings. The zero-order valence-corrected chi connectivity index (χ0v) is 47.7. The van der Waals surface area contributed by atoms with Gasteiger partial charge in [-0.1, -0.05) is 130 Å². The standard InChI is InChI=1S/C57H106N2O12/c1-14-18-20-22-24-26-28-30-32-34-69-58-50(6,7)37-56(38-51(58,8)9)65-43-54(16-3,44-66-56)41-63-48(60)62-36-47(5)71-49(61)64-42-55(17-4)45-67-57(68-46-55)39-52(10,11)59(53(12,13)40-57)70-35-33-31-29-27-25-23-21-19-15-2/h47H,14-46H2,1-13H3. The molecule has 71 heavy (non-hydrogen) atoms. The molecule has 4 fully saturated rings. The summed E-state index contributed by atoms with van der Waals surface area (Å²) in [5.74, 6) is -1.54. The maximum absolute atomic E-state index is 12.9. The number of unbranched alkanes of at least 4 members (excludes halogenated alkanes) is 16. The number of rotatable bonds is 31. The van der Waals surface area contributed by atoms with Gasteiger partial charge < -0.3 is 37.9 Å². The summed E-state index contributed by atoms with van der Waals surface area (Å²) in [5.41, 5.74) is -2.36. The van der Waals surface area contributed by atoms with Crippen LogP contribution in [-0.4, -0.2) is 122 Å². The molecule has 1 atom stereocenters. The summed E-state index contributed by atoms with van der Waals surface area (Å²) in [6, 6.07) is 0. The Kier molecular flexibility index (Phi) is 24.7. The van der Waals surface area contributed by atoms with Gasteiger partial charge in [0.05, 0.1) is 50.5 Å². The average molecular weight is 1010 g/mol. The van der Waals surface area contributed by atoms with Gasteiger partial charge in [0.2, 0.25) is 0 Å². The molecule has 0 aromatic heterocycles. The molecule has 1 unspecified atom stereocenters. The largest absolute Gasteiger partial charge is 0.508 e. The number of nitrogens with zero attached hydrogens (tertiary/aromatic N) is 2. The van der Waals surface area contributed by atoms with Crippen molar-refractivity contribution in [2.24, 2.45) is 10.8 Å². The molecule has 4 heterocycles. The number of piperidine rings is 2. The molecule has 4 aliphatic rings. The van der Waals surface area contributed by atoms with E-state index in [-0.39, 0.29) is 42.0 Å². The van der Waals surface area contributed by atoms with Crippen molar-refractivity contribution in [3.63, 3.8) is 0 Å². The van der Waals surface area contributed by atoms with E-state index < -0.39 is 40.8 Å². The molecular formula is C57H106N2O12. The highest BCUT2D eigenvalue weighted by Crippen LogP contribution is 2.51. The highest BCUT2D eigenvalue weighted by atomic mass is 16.8. The van der Waals surface area contributed by atoms with Gasteiger partial charge >= 0.3 is 12.3 Å². The third kappa shape index (κ3) is 19.1. The van der Waals surface area contributed by atoms with Crippen molar-refractivity contribution in [2.45, 2.75) is 284 Å². The molecular weight excluding hydrogens is 905 g/mol. The lowest BCUT2D eigenvalue weighted by molar-refractivity contribution is -0.384. The van der Waals surface area contributed by atoms with Crippen LogP contribution >= 0.6 is 0 Å². The SMILES string of the molecule is CCCCCCCCCCCON1C(C)(C)CC2(CC1(C)C)OCC(CC)(COC(=O)OCC(C)OC(=O)OCC1(CC)COC3(CC(C)(C)N(OCCCCCCCCCCC)C(C)(C)C3)OC1)CO2. The van der Waals surface area contributed by atoms with Gasteiger partial charge in [-0.2, -0.15) is 10.1 Å². The second kappa shape index (κ2) is 28.4. The van der Waals surface area contributed by atoms with Crippen molar-refractivity contribution < 1.29 is 57.2 Å². The fraction of sp³-hybridized carbons (Fsp3) is 0.965. The van der Waals surface area contributed by atoms with E-state index in [1.807, 2.05) is 13.8 Å². The molecule has 0 saturated carbocycles. The van der Waals surface area contributed by atoms with E-state index in [4.69, 9.17) is 47.6 Å². The molecule has 416 valence electrons. The first-order valence-electron chi connectivity index (χ1n) is 28.6. The Bertz CT molecular complexity index is 1500. The molecule has 4 rings (SSSR count). The monoisotopic (exact) mass is 1010 g/mol. The minimum atomic E-state index is -0.848. The zero-order valence-electron chi connectivity index (χ0n) is 47.7.